The molecular formula is C28H42BrN3O7. The van der Waals surface area contributed by atoms with Crippen LogP contribution in [0.1, 0.15) is 52.9 Å². The molecular weight excluding hydrogens is 570 g/mol. The van der Waals surface area contributed by atoms with Gasteiger partial charge in [-0.25, -0.2) is 0 Å². The summed E-state index contributed by atoms with van der Waals surface area (Å²) in [6.45, 7) is 13.1. The number of hydrogen-bond donors (Lipinski definition) is 2. The standard InChI is InChI=1S/C28H42BrN3O7/c1-6-9-11-20(34)30-16-18(5)38-27(37)21-22-25(35)32(13-14-33)24(28(22)15-19(29)23(21)39-28)26(36)31(12-8-3)17(4)10-7-2/h6,8,17-19,21-24,33H,1,3,7,9-16H2,2,4-5H3,(H,30,34)/t17?,18-,19?,21-,22+,23-,24-,28+/m1/s1. The number of β-amino-alcohol motifs (C(OH)–C–C–N with tert-alkyl or cyclic N) is 1. The van der Waals surface area contributed by atoms with E-state index in [-0.39, 0.29) is 42.4 Å². The van der Waals surface area contributed by atoms with Crippen LogP contribution in [0.2, 0.25) is 0 Å². The molecule has 2 bridgehead atoms. The van der Waals surface area contributed by atoms with E-state index in [2.05, 4.69) is 34.4 Å². The van der Waals surface area contributed by atoms with Gasteiger partial charge in [-0.15, -0.1) is 13.2 Å². The zero-order valence-corrected chi connectivity index (χ0v) is 24.7. The first kappa shape index (κ1) is 31.3. The van der Waals surface area contributed by atoms with E-state index in [0.29, 0.717) is 25.8 Å². The van der Waals surface area contributed by atoms with Gasteiger partial charge in [-0.3, -0.25) is 19.2 Å². The zero-order chi connectivity index (χ0) is 28.9. The van der Waals surface area contributed by atoms with Crippen LogP contribution in [-0.4, -0.2) is 99.6 Å². The Kier molecular flexibility index (Phi) is 10.8. The number of nitrogens with one attached hydrogen (secondary N) is 1. The Balaban J connectivity index is 1.86. The van der Waals surface area contributed by atoms with Gasteiger partial charge in [0, 0.05) is 30.4 Å². The van der Waals surface area contributed by atoms with Crippen LogP contribution in [0, 0.1) is 11.8 Å². The van der Waals surface area contributed by atoms with Gasteiger partial charge in [-0.05, 0) is 33.1 Å². The van der Waals surface area contributed by atoms with E-state index in [0.717, 1.165) is 12.8 Å². The second-order valence-corrected chi connectivity index (χ2v) is 11.9. The van der Waals surface area contributed by atoms with Gasteiger partial charge in [0.1, 0.15) is 17.7 Å². The van der Waals surface area contributed by atoms with E-state index in [1.165, 1.54) is 4.90 Å². The van der Waals surface area contributed by atoms with E-state index in [4.69, 9.17) is 9.47 Å². The molecule has 3 aliphatic heterocycles. The van der Waals surface area contributed by atoms with Crippen LogP contribution in [0.3, 0.4) is 0 Å². The smallest absolute Gasteiger partial charge is 0.312 e. The third-order valence-electron chi connectivity index (χ3n) is 7.96. The molecule has 0 aromatic rings. The largest absolute Gasteiger partial charge is 0.460 e. The summed E-state index contributed by atoms with van der Waals surface area (Å²) < 4.78 is 12.1. The molecule has 0 saturated carbocycles. The molecule has 3 heterocycles. The number of ether oxygens (including phenoxy) is 2. The highest BCUT2D eigenvalue weighted by molar-refractivity contribution is 9.09. The monoisotopic (exact) mass is 611 g/mol. The van der Waals surface area contributed by atoms with Crippen molar-refractivity contribution in [3.05, 3.63) is 25.3 Å². The Morgan fingerprint density at radius 1 is 1.33 bits per heavy atom. The second-order valence-electron chi connectivity index (χ2n) is 10.7. The first-order valence-electron chi connectivity index (χ1n) is 13.8. The predicted molar refractivity (Wildman–Crippen MR) is 149 cm³/mol. The topological polar surface area (TPSA) is 125 Å². The molecule has 2 unspecified atom stereocenters. The summed E-state index contributed by atoms with van der Waals surface area (Å²) in [5.74, 6) is -3.27. The lowest BCUT2D eigenvalue weighted by Gasteiger charge is -2.39. The van der Waals surface area contributed by atoms with E-state index in [9.17, 15) is 24.3 Å². The molecule has 0 aliphatic carbocycles. The lowest BCUT2D eigenvalue weighted by atomic mass is 9.70. The van der Waals surface area contributed by atoms with Gasteiger partial charge in [-0.2, -0.15) is 0 Å². The number of alkyl halides is 1. The fraction of sp³-hybridized carbons (Fsp3) is 0.714. The summed E-state index contributed by atoms with van der Waals surface area (Å²) in [4.78, 5) is 56.2. The predicted octanol–water partition coefficient (Wildman–Crippen LogP) is 1.94. The summed E-state index contributed by atoms with van der Waals surface area (Å²) in [5, 5.41) is 12.5. The molecule has 0 radical (unpaired) electrons. The highest BCUT2D eigenvalue weighted by Crippen LogP contribution is 2.60. The van der Waals surface area contributed by atoms with Crippen molar-refractivity contribution in [3.63, 3.8) is 0 Å². The molecule has 1 spiro atoms. The Morgan fingerprint density at radius 2 is 2.05 bits per heavy atom. The van der Waals surface area contributed by atoms with Crippen molar-refractivity contribution in [2.45, 2.75) is 87.6 Å². The van der Waals surface area contributed by atoms with E-state index >= 15 is 0 Å². The normalized spacial score (nSPS) is 30.4. The average molecular weight is 613 g/mol. The quantitative estimate of drug-likeness (QED) is 0.165. The number of aliphatic hydroxyl groups excluding tert-OH is 1. The lowest BCUT2D eigenvalue weighted by molar-refractivity contribution is -0.159. The zero-order valence-electron chi connectivity index (χ0n) is 23.1. The summed E-state index contributed by atoms with van der Waals surface area (Å²) in [6, 6.07) is -1.07. The Bertz CT molecular complexity index is 961. The van der Waals surface area contributed by atoms with Crippen LogP contribution in [0.25, 0.3) is 0 Å². The van der Waals surface area contributed by atoms with E-state index < -0.39 is 47.6 Å². The third-order valence-corrected chi connectivity index (χ3v) is 8.81. The minimum atomic E-state index is -1.22. The third kappa shape index (κ3) is 6.10. The van der Waals surface area contributed by atoms with Gasteiger partial charge in [0.2, 0.25) is 17.7 Å². The first-order chi connectivity index (χ1) is 18.6. The highest BCUT2D eigenvalue weighted by atomic mass is 79.9. The minimum absolute atomic E-state index is 0.0481. The Labute approximate surface area is 239 Å². The molecule has 3 aliphatic rings. The van der Waals surface area contributed by atoms with Crippen molar-refractivity contribution in [1.82, 2.24) is 15.1 Å². The van der Waals surface area contributed by atoms with Gasteiger partial charge < -0.3 is 29.7 Å². The number of aliphatic hydroxyl groups is 1. The molecule has 10 nitrogen and oxygen atoms in total. The molecule has 39 heavy (non-hydrogen) atoms. The molecule has 3 fully saturated rings. The SMILES string of the molecule is C=CCCC(=O)NC[C@@H](C)OC(=O)[C@H]1[C@@H]2O[C@@]3(CC2Br)[C@@H]1C(=O)N(CCO)[C@@H]3C(=O)N(CC=C)C(C)CCC. The van der Waals surface area contributed by atoms with Crippen molar-refractivity contribution >= 4 is 39.6 Å². The van der Waals surface area contributed by atoms with Crippen LogP contribution in [-0.2, 0) is 28.7 Å². The number of fused-ring (bicyclic) bond motifs is 1. The first-order valence-corrected chi connectivity index (χ1v) is 14.7. The average Bonchev–Trinajstić information content (AvgIpc) is 3.48. The minimum Gasteiger partial charge on any atom is -0.460 e. The molecule has 8 atom stereocenters. The number of esters is 1. The van der Waals surface area contributed by atoms with Crippen molar-refractivity contribution < 1.29 is 33.8 Å². The number of halogens is 1. The maximum atomic E-state index is 14.1. The maximum Gasteiger partial charge on any atom is 0.312 e. The number of rotatable bonds is 15. The van der Waals surface area contributed by atoms with E-state index in [1.54, 1.807) is 24.0 Å². The molecule has 2 N–H and O–H groups in total. The second kappa shape index (κ2) is 13.4. The molecule has 0 aromatic heterocycles. The van der Waals surface area contributed by atoms with Crippen LogP contribution in [0.4, 0.5) is 0 Å². The van der Waals surface area contributed by atoms with E-state index in [1.807, 2.05) is 13.8 Å². The summed E-state index contributed by atoms with van der Waals surface area (Å²) in [6.07, 6.45) is 4.90. The molecule has 3 saturated heterocycles. The van der Waals surface area contributed by atoms with Crippen molar-refractivity contribution in [1.29, 1.82) is 0 Å². The van der Waals surface area contributed by atoms with Crippen LogP contribution < -0.4 is 5.32 Å². The number of amides is 3. The molecule has 3 rings (SSSR count). The van der Waals surface area contributed by atoms with Gasteiger partial charge in [0.25, 0.3) is 0 Å². The van der Waals surface area contributed by atoms with Crippen molar-refractivity contribution in [2.75, 3.05) is 26.2 Å². The fourth-order valence-corrected chi connectivity index (χ4v) is 7.22. The Morgan fingerprint density at radius 3 is 2.67 bits per heavy atom. The molecule has 11 heteroatoms. The number of carbonyl (C=O) groups excluding carboxylic acids is 4. The van der Waals surface area contributed by atoms with Crippen LogP contribution in [0.5, 0.6) is 0 Å². The lowest BCUT2D eigenvalue weighted by Crippen LogP contribution is -2.58. The number of allylic oxidation sites excluding steroid dienone is 1. The van der Waals surface area contributed by atoms with Gasteiger partial charge >= 0.3 is 5.97 Å². The highest BCUT2D eigenvalue weighted by Gasteiger charge is 2.77. The van der Waals surface area contributed by atoms with Crippen molar-refractivity contribution in [3.8, 4) is 0 Å². The number of nitrogens with zero attached hydrogens (tertiary/aromatic N) is 2. The number of hydrogen-bond acceptors (Lipinski definition) is 7. The summed E-state index contributed by atoms with van der Waals surface area (Å²) >= 11 is 3.63. The summed E-state index contributed by atoms with van der Waals surface area (Å²) in [5.41, 5.74) is -1.22. The Hall–Kier alpha value is -2.24. The van der Waals surface area contributed by atoms with Crippen LogP contribution >= 0.6 is 15.9 Å². The van der Waals surface area contributed by atoms with Gasteiger partial charge in [0.15, 0.2) is 0 Å². The number of carbonyl (C=O) groups is 4. The molecule has 3 amide bonds. The number of likely N-dealkylation sites (tertiary alicyclic amines) is 1. The maximum absolute atomic E-state index is 14.1. The molecule has 218 valence electrons. The van der Waals surface area contributed by atoms with Crippen molar-refractivity contribution in [2.24, 2.45) is 11.8 Å². The summed E-state index contributed by atoms with van der Waals surface area (Å²) in [7, 11) is 0. The molecule has 0 aromatic carbocycles. The van der Waals surface area contributed by atoms with Gasteiger partial charge in [0.05, 0.1) is 31.1 Å². The van der Waals surface area contributed by atoms with Crippen LogP contribution in [0.15, 0.2) is 25.3 Å². The fourth-order valence-electron chi connectivity index (χ4n) is 6.28. The van der Waals surface area contributed by atoms with Gasteiger partial charge in [-0.1, -0.05) is 41.4 Å².